The minimum Gasteiger partial charge on any atom is -0.368 e. The minimum atomic E-state index is -0.418. The molecule has 2 heterocycles. The van der Waals surface area contributed by atoms with Crippen LogP contribution in [0.4, 0.5) is 15.8 Å². The zero-order chi connectivity index (χ0) is 19.0. The molecule has 0 aliphatic carbocycles. The highest BCUT2D eigenvalue weighted by Crippen LogP contribution is 2.29. The van der Waals surface area contributed by atoms with Gasteiger partial charge in [0.15, 0.2) is 0 Å². The Kier molecular flexibility index (Phi) is 4.39. The van der Waals surface area contributed by atoms with Crippen LogP contribution in [0, 0.1) is 12.7 Å². The van der Waals surface area contributed by atoms with Gasteiger partial charge in [-0.1, -0.05) is 0 Å². The zero-order valence-corrected chi connectivity index (χ0v) is 15.2. The second-order valence-corrected chi connectivity index (χ2v) is 6.83. The summed E-state index contributed by atoms with van der Waals surface area (Å²) in [6.07, 6.45) is 0. The molecule has 0 radical (unpaired) electrons. The second kappa shape index (κ2) is 6.87. The average Bonchev–Trinajstić information content (AvgIpc) is 2.68. The number of anilines is 2. The van der Waals surface area contributed by atoms with Gasteiger partial charge in [-0.2, -0.15) is 0 Å². The van der Waals surface area contributed by atoms with Gasteiger partial charge in [0.05, 0.1) is 5.52 Å². The predicted octanol–water partition coefficient (Wildman–Crippen LogP) is 3.11. The summed E-state index contributed by atoms with van der Waals surface area (Å²) in [5.74, 6) is -0.666. The molecular formula is C21H21FN4O. The Labute approximate surface area is 157 Å². The fourth-order valence-electron chi connectivity index (χ4n) is 3.61. The molecule has 1 amide bonds. The van der Waals surface area contributed by atoms with Crippen LogP contribution < -0.4 is 15.5 Å². The first kappa shape index (κ1) is 17.3. The smallest absolute Gasteiger partial charge is 0.248 e. The summed E-state index contributed by atoms with van der Waals surface area (Å²) >= 11 is 0. The summed E-state index contributed by atoms with van der Waals surface area (Å²) in [5, 5.41) is 0.847. The number of nitrogens with zero attached hydrogens (tertiary/aromatic N) is 3. The van der Waals surface area contributed by atoms with Crippen LogP contribution in [0.15, 0.2) is 48.5 Å². The Balaban J connectivity index is 1.55. The maximum absolute atomic E-state index is 13.8. The summed E-state index contributed by atoms with van der Waals surface area (Å²) in [7, 11) is 0. The number of carbonyl (C=O) groups excluding carboxylic acids is 1. The average molecular weight is 364 g/mol. The van der Waals surface area contributed by atoms with Gasteiger partial charge in [-0.15, -0.1) is 0 Å². The monoisotopic (exact) mass is 364 g/mol. The lowest BCUT2D eigenvalue weighted by Gasteiger charge is -2.38. The summed E-state index contributed by atoms with van der Waals surface area (Å²) in [5.41, 5.74) is 9.65. The van der Waals surface area contributed by atoms with Crippen LogP contribution in [0.3, 0.4) is 0 Å². The third kappa shape index (κ3) is 3.43. The first-order valence-corrected chi connectivity index (χ1v) is 8.98. The molecule has 1 saturated heterocycles. The molecule has 1 aliphatic rings. The summed E-state index contributed by atoms with van der Waals surface area (Å²) in [4.78, 5) is 20.3. The molecule has 5 nitrogen and oxygen atoms in total. The van der Waals surface area contributed by atoms with E-state index in [-0.39, 0.29) is 5.82 Å². The molecule has 2 aromatic carbocycles. The number of aryl methyl sites for hydroxylation is 1. The Morgan fingerprint density at radius 3 is 2.33 bits per heavy atom. The Hall–Kier alpha value is -3.15. The Morgan fingerprint density at radius 2 is 1.67 bits per heavy atom. The van der Waals surface area contributed by atoms with E-state index in [2.05, 4.69) is 14.8 Å². The lowest BCUT2D eigenvalue weighted by Crippen LogP contribution is -2.46. The first-order valence-electron chi connectivity index (χ1n) is 8.98. The summed E-state index contributed by atoms with van der Waals surface area (Å²) < 4.78 is 13.8. The SMILES string of the molecule is Cc1cc(N2CCN(c3ccc(C(N)=O)cc3)CC2)c2cc(F)ccc2n1. The van der Waals surface area contributed by atoms with Gasteiger partial charge in [-0.3, -0.25) is 9.78 Å². The van der Waals surface area contributed by atoms with Crippen molar-refractivity contribution < 1.29 is 9.18 Å². The highest BCUT2D eigenvalue weighted by atomic mass is 19.1. The van der Waals surface area contributed by atoms with Crippen LogP contribution in [0.25, 0.3) is 10.9 Å². The van der Waals surface area contributed by atoms with Crippen molar-refractivity contribution in [2.24, 2.45) is 5.73 Å². The molecule has 4 rings (SSSR count). The van der Waals surface area contributed by atoms with E-state index in [0.717, 1.165) is 54.2 Å². The number of rotatable bonds is 3. The van der Waals surface area contributed by atoms with Crippen LogP contribution in [-0.2, 0) is 0 Å². The van der Waals surface area contributed by atoms with Gasteiger partial charge in [-0.05, 0) is 55.5 Å². The first-order chi connectivity index (χ1) is 13.0. The molecule has 2 N–H and O–H groups in total. The fourth-order valence-corrected chi connectivity index (χ4v) is 3.61. The third-order valence-corrected chi connectivity index (χ3v) is 5.01. The molecular weight excluding hydrogens is 343 g/mol. The largest absolute Gasteiger partial charge is 0.368 e. The summed E-state index contributed by atoms with van der Waals surface area (Å²) in [6.45, 7) is 5.30. The summed E-state index contributed by atoms with van der Waals surface area (Å²) in [6, 6.07) is 14.1. The lowest BCUT2D eigenvalue weighted by atomic mass is 10.1. The molecule has 0 atom stereocenters. The lowest BCUT2D eigenvalue weighted by molar-refractivity contribution is 0.100. The van der Waals surface area contributed by atoms with Crippen molar-refractivity contribution in [3.05, 3.63) is 65.6 Å². The number of pyridine rings is 1. The maximum Gasteiger partial charge on any atom is 0.248 e. The van der Waals surface area contributed by atoms with E-state index in [1.165, 1.54) is 6.07 Å². The van der Waals surface area contributed by atoms with Crippen molar-refractivity contribution in [3.63, 3.8) is 0 Å². The Morgan fingerprint density at radius 1 is 1.00 bits per heavy atom. The molecule has 3 aromatic rings. The quantitative estimate of drug-likeness (QED) is 0.776. The molecule has 0 unspecified atom stereocenters. The molecule has 1 fully saturated rings. The van der Waals surface area contributed by atoms with E-state index in [0.29, 0.717) is 5.56 Å². The van der Waals surface area contributed by atoms with Gasteiger partial charge in [0.25, 0.3) is 0 Å². The molecule has 6 heteroatoms. The number of primary amides is 1. The number of halogens is 1. The van der Waals surface area contributed by atoms with Gasteiger partial charge in [0, 0.05) is 54.2 Å². The number of hydrogen-bond donors (Lipinski definition) is 1. The number of hydrogen-bond acceptors (Lipinski definition) is 4. The predicted molar refractivity (Wildman–Crippen MR) is 106 cm³/mol. The van der Waals surface area contributed by atoms with Gasteiger partial charge < -0.3 is 15.5 Å². The number of benzene rings is 2. The molecule has 138 valence electrons. The molecule has 0 spiro atoms. The van der Waals surface area contributed by atoms with Gasteiger partial charge in [0.2, 0.25) is 5.91 Å². The van der Waals surface area contributed by atoms with Crippen molar-refractivity contribution in [2.75, 3.05) is 36.0 Å². The molecule has 1 aliphatic heterocycles. The number of piperazine rings is 1. The van der Waals surface area contributed by atoms with E-state index in [9.17, 15) is 9.18 Å². The number of fused-ring (bicyclic) bond motifs is 1. The Bertz CT molecular complexity index is 995. The highest BCUT2D eigenvalue weighted by Gasteiger charge is 2.20. The molecule has 27 heavy (non-hydrogen) atoms. The van der Waals surface area contributed by atoms with Crippen molar-refractivity contribution in [3.8, 4) is 0 Å². The zero-order valence-electron chi connectivity index (χ0n) is 15.2. The van der Waals surface area contributed by atoms with Crippen LogP contribution in [-0.4, -0.2) is 37.1 Å². The molecule has 1 aromatic heterocycles. The van der Waals surface area contributed by atoms with Gasteiger partial charge in [0.1, 0.15) is 5.82 Å². The van der Waals surface area contributed by atoms with E-state index in [1.54, 1.807) is 24.3 Å². The standard InChI is InChI=1S/C21H21FN4O/c1-14-12-20(18-13-16(22)4-7-19(18)24-14)26-10-8-25(9-11-26)17-5-2-15(3-6-17)21(23)27/h2-7,12-13H,8-11H2,1H3,(H2,23,27). The molecule has 0 bridgehead atoms. The van der Waals surface area contributed by atoms with Crippen LogP contribution >= 0.6 is 0 Å². The number of nitrogens with two attached hydrogens (primary N) is 1. The van der Waals surface area contributed by atoms with Crippen molar-refractivity contribution in [2.45, 2.75) is 6.92 Å². The van der Waals surface area contributed by atoms with Crippen LogP contribution in [0.2, 0.25) is 0 Å². The van der Waals surface area contributed by atoms with Crippen LogP contribution in [0.1, 0.15) is 16.1 Å². The van der Waals surface area contributed by atoms with Gasteiger partial charge >= 0.3 is 0 Å². The number of amides is 1. The fraction of sp³-hybridized carbons (Fsp3) is 0.238. The topological polar surface area (TPSA) is 62.5 Å². The van der Waals surface area contributed by atoms with Crippen molar-refractivity contribution >= 4 is 28.2 Å². The third-order valence-electron chi connectivity index (χ3n) is 5.01. The van der Waals surface area contributed by atoms with Gasteiger partial charge in [-0.25, -0.2) is 4.39 Å². The second-order valence-electron chi connectivity index (χ2n) is 6.83. The number of aromatic nitrogens is 1. The normalized spacial score (nSPS) is 14.6. The van der Waals surface area contributed by atoms with Crippen molar-refractivity contribution in [1.82, 2.24) is 4.98 Å². The maximum atomic E-state index is 13.8. The molecule has 0 saturated carbocycles. The number of carbonyl (C=O) groups is 1. The van der Waals surface area contributed by atoms with E-state index < -0.39 is 5.91 Å². The van der Waals surface area contributed by atoms with E-state index >= 15 is 0 Å². The van der Waals surface area contributed by atoms with Crippen molar-refractivity contribution in [1.29, 1.82) is 0 Å². The van der Waals surface area contributed by atoms with E-state index in [4.69, 9.17) is 5.73 Å². The van der Waals surface area contributed by atoms with Crippen LogP contribution in [0.5, 0.6) is 0 Å². The highest BCUT2D eigenvalue weighted by molar-refractivity contribution is 5.93. The van der Waals surface area contributed by atoms with E-state index in [1.807, 2.05) is 25.1 Å². The minimum absolute atomic E-state index is 0.248.